The van der Waals surface area contributed by atoms with Crippen molar-refractivity contribution >= 4 is 11.9 Å². The Balaban J connectivity index is 2.80. The van der Waals surface area contributed by atoms with Gasteiger partial charge in [0.05, 0.1) is 0 Å². The normalized spacial score (nSPS) is 22.2. The quantitative estimate of drug-likeness (QED) is 0.407. The first kappa shape index (κ1) is 21.7. The summed E-state index contributed by atoms with van der Waals surface area (Å²) < 4.78 is 11.2. The molecule has 1 rings (SSSR count). The molecule has 0 amide bonds. The van der Waals surface area contributed by atoms with Crippen molar-refractivity contribution in [1.82, 2.24) is 0 Å². The van der Waals surface area contributed by atoms with Gasteiger partial charge in [0, 0.05) is 18.3 Å². The van der Waals surface area contributed by atoms with Crippen molar-refractivity contribution in [3.05, 3.63) is 11.6 Å². The van der Waals surface area contributed by atoms with Crippen molar-refractivity contribution in [3.63, 3.8) is 0 Å². The number of allylic oxidation sites excluding steroid dienone is 2. The summed E-state index contributed by atoms with van der Waals surface area (Å²) in [5.74, 6) is 0.202. The van der Waals surface area contributed by atoms with E-state index in [2.05, 4.69) is 40.7 Å². The molecule has 0 aromatic rings. The number of esters is 2. The average molecular weight is 353 g/mol. The minimum absolute atomic E-state index is 0.149. The molecule has 0 saturated carbocycles. The Kier molecular flexibility index (Phi) is 9.23. The van der Waals surface area contributed by atoms with Gasteiger partial charge in [0.15, 0.2) is 0 Å². The first-order chi connectivity index (χ1) is 11.9. The van der Waals surface area contributed by atoms with Crippen molar-refractivity contribution in [2.45, 2.75) is 79.6 Å². The summed E-state index contributed by atoms with van der Waals surface area (Å²) in [7, 11) is 0. The van der Waals surface area contributed by atoms with Crippen LogP contribution >= 0.6 is 0 Å². The van der Waals surface area contributed by atoms with Gasteiger partial charge in [-0.3, -0.25) is 9.59 Å². The number of unbranched alkanes of at least 4 members (excludes halogenated alkanes) is 2. The number of carbonyl (C=O) groups excluding carboxylic acids is 2. The number of ether oxygens (including phenoxy) is 2. The van der Waals surface area contributed by atoms with Crippen molar-refractivity contribution in [3.8, 4) is 0 Å². The molecular formula is C21H36O4. The van der Waals surface area contributed by atoms with Crippen LogP contribution in [0.2, 0.25) is 0 Å². The van der Waals surface area contributed by atoms with E-state index in [0.717, 1.165) is 32.1 Å². The van der Waals surface area contributed by atoms with E-state index in [0.29, 0.717) is 32.0 Å². The van der Waals surface area contributed by atoms with E-state index >= 15 is 0 Å². The maximum absolute atomic E-state index is 12.0. The molecule has 0 radical (unpaired) electrons. The first-order valence-electron chi connectivity index (χ1n) is 9.84. The lowest BCUT2D eigenvalue weighted by Gasteiger charge is -2.45. The van der Waals surface area contributed by atoms with Crippen LogP contribution in [0, 0.1) is 17.3 Å². The summed E-state index contributed by atoms with van der Waals surface area (Å²) in [4.78, 5) is 24.0. The molecule has 1 aliphatic rings. The lowest BCUT2D eigenvalue weighted by atomic mass is 9.63. The molecule has 0 fully saturated rings. The zero-order valence-corrected chi connectivity index (χ0v) is 16.7. The molecule has 0 aromatic carbocycles. The van der Waals surface area contributed by atoms with Crippen molar-refractivity contribution in [1.29, 1.82) is 0 Å². The fourth-order valence-corrected chi connectivity index (χ4v) is 3.60. The molecule has 0 saturated heterocycles. The van der Waals surface area contributed by atoms with Gasteiger partial charge in [0.2, 0.25) is 0 Å². The molecule has 0 bridgehead atoms. The fraction of sp³-hybridized carbons (Fsp3) is 0.810. The molecule has 4 heteroatoms. The summed E-state index contributed by atoms with van der Waals surface area (Å²) in [5.41, 5.74) is 1.02. The second-order valence-electron chi connectivity index (χ2n) is 7.67. The zero-order chi connectivity index (χ0) is 18.9. The molecule has 1 aliphatic carbocycles. The molecule has 25 heavy (non-hydrogen) atoms. The number of hydrogen-bond acceptors (Lipinski definition) is 4. The Bertz CT molecular complexity index is 443. The van der Waals surface area contributed by atoms with Gasteiger partial charge in [-0.1, -0.05) is 52.2 Å². The van der Waals surface area contributed by atoms with Crippen LogP contribution in [-0.4, -0.2) is 25.2 Å². The summed E-state index contributed by atoms with van der Waals surface area (Å²) >= 11 is 0. The number of hydrogen-bond donors (Lipinski definition) is 0. The number of rotatable bonds is 10. The molecule has 0 heterocycles. The van der Waals surface area contributed by atoms with E-state index < -0.39 is 0 Å². The minimum Gasteiger partial charge on any atom is -0.465 e. The molecule has 0 unspecified atom stereocenters. The van der Waals surface area contributed by atoms with Crippen LogP contribution in [0.1, 0.15) is 79.6 Å². The highest BCUT2D eigenvalue weighted by Gasteiger charge is 2.45. The van der Waals surface area contributed by atoms with Crippen LogP contribution < -0.4 is 0 Å². The Morgan fingerprint density at radius 1 is 1.04 bits per heavy atom. The molecule has 144 valence electrons. The topological polar surface area (TPSA) is 52.6 Å². The van der Waals surface area contributed by atoms with E-state index in [-0.39, 0.29) is 23.3 Å². The Morgan fingerprint density at radius 2 is 1.52 bits per heavy atom. The third-order valence-corrected chi connectivity index (χ3v) is 5.52. The highest BCUT2D eigenvalue weighted by atomic mass is 16.5. The third kappa shape index (κ3) is 6.48. The highest BCUT2D eigenvalue weighted by Crippen LogP contribution is 2.45. The standard InChI is InChI=1S/C21H36O4/c1-6-8-10-19(22)24-14-21(15-25-20(23)11-9-7-2)17(4)12-16(3)13-18(21)5/h12,17-18H,6-11,13-15H2,1-5H3/t17-,18+/m1/s1. The molecule has 0 spiro atoms. The van der Waals surface area contributed by atoms with Crippen LogP contribution in [-0.2, 0) is 19.1 Å². The molecule has 4 nitrogen and oxygen atoms in total. The van der Waals surface area contributed by atoms with Gasteiger partial charge < -0.3 is 9.47 Å². The maximum atomic E-state index is 12.0. The molecule has 0 N–H and O–H groups in total. The van der Waals surface area contributed by atoms with Crippen LogP contribution in [0.5, 0.6) is 0 Å². The fourth-order valence-electron chi connectivity index (χ4n) is 3.60. The predicted molar refractivity (Wildman–Crippen MR) is 100 cm³/mol. The Morgan fingerprint density at radius 3 is 1.92 bits per heavy atom. The Hall–Kier alpha value is -1.32. The summed E-state index contributed by atoms with van der Waals surface area (Å²) in [6.07, 6.45) is 7.75. The van der Waals surface area contributed by atoms with Gasteiger partial charge in [-0.15, -0.1) is 0 Å². The largest absolute Gasteiger partial charge is 0.465 e. The Labute approximate surface area is 153 Å². The monoisotopic (exact) mass is 352 g/mol. The van der Waals surface area contributed by atoms with Crippen molar-refractivity contribution in [2.75, 3.05) is 13.2 Å². The zero-order valence-electron chi connectivity index (χ0n) is 16.7. The lowest BCUT2D eigenvalue weighted by Crippen LogP contribution is -2.46. The van der Waals surface area contributed by atoms with E-state index in [1.165, 1.54) is 5.57 Å². The average Bonchev–Trinajstić information content (AvgIpc) is 2.57. The molecule has 2 atom stereocenters. The SMILES string of the molecule is CCCCC(=O)OCC1(COC(=O)CCCC)[C@H](C)C=C(C)C[C@@H]1C. The lowest BCUT2D eigenvalue weighted by molar-refractivity contribution is -0.160. The van der Waals surface area contributed by atoms with Crippen LogP contribution in [0.15, 0.2) is 11.6 Å². The molecular weight excluding hydrogens is 316 g/mol. The van der Waals surface area contributed by atoms with Crippen molar-refractivity contribution in [2.24, 2.45) is 17.3 Å². The second-order valence-corrected chi connectivity index (χ2v) is 7.67. The highest BCUT2D eigenvalue weighted by molar-refractivity contribution is 5.70. The molecule has 0 aromatic heterocycles. The first-order valence-corrected chi connectivity index (χ1v) is 9.84. The third-order valence-electron chi connectivity index (χ3n) is 5.52. The van der Waals surface area contributed by atoms with Gasteiger partial charge in [0.25, 0.3) is 0 Å². The second kappa shape index (κ2) is 10.6. The van der Waals surface area contributed by atoms with Crippen LogP contribution in [0.4, 0.5) is 0 Å². The van der Waals surface area contributed by atoms with E-state index in [4.69, 9.17) is 9.47 Å². The summed E-state index contributed by atoms with van der Waals surface area (Å²) in [6, 6.07) is 0. The van der Waals surface area contributed by atoms with Gasteiger partial charge in [-0.25, -0.2) is 0 Å². The van der Waals surface area contributed by atoms with Crippen LogP contribution in [0.25, 0.3) is 0 Å². The van der Waals surface area contributed by atoms with E-state index in [1.807, 2.05) is 0 Å². The summed E-state index contributed by atoms with van der Waals surface area (Å²) in [6.45, 7) is 11.2. The smallest absolute Gasteiger partial charge is 0.305 e. The number of carbonyl (C=O) groups is 2. The summed E-state index contributed by atoms with van der Waals surface area (Å²) in [5, 5.41) is 0. The van der Waals surface area contributed by atoms with Crippen molar-refractivity contribution < 1.29 is 19.1 Å². The minimum atomic E-state index is -0.330. The predicted octanol–water partition coefficient (Wildman–Crippen LogP) is 5.06. The van der Waals surface area contributed by atoms with E-state index in [9.17, 15) is 9.59 Å². The van der Waals surface area contributed by atoms with Crippen LogP contribution in [0.3, 0.4) is 0 Å². The molecule has 0 aliphatic heterocycles. The van der Waals surface area contributed by atoms with Gasteiger partial charge in [0.1, 0.15) is 13.2 Å². The van der Waals surface area contributed by atoms with Gasteiger partial charge >= 0.3 is 11.9 Å². The maximum Gasteiger partial charge on any atom is 0.305 e. The van der Waals surface area contributed by atoms with Gasteiger partial charge in [-0.05, 0) is 38.0 Å². The van der Waals surface area contributed by atoms with E-state index in [1.54, 1.807) is 0 Å². The van der Waals surface area contributed by atoms with Gasteiger partial charge in [-0.2, -0.15) is 0 Å².